The normalized spacial score (nSPS) is 12.0. The van der Waals surface area contributed by atoms with Gasteiger partial charge in [0.2, 0.25) is 0 Å². The molecule has 0 saturated carbocycles. The fraction of sp³-hybridized carbons (Fsp3) is 0.158. The van der Waals surface area contributed by atoms with Crippen molar-refractivity contribution in [3.8, 4) is 39.1 Å². The molecule has 46 heavy (non-hydrogen) atoms. The summed E-state index contributed by atoms with van der Waals surface area (Å²) in [5.74, 6) is -3.94. The van der Waals surface area contributed by atoms with Gasteiger partial charge < -0.3 is 4.74 Å². The van der Waals surface area contributed by atoms with E-state index in [1.807, 2.05) is 0 Å². The molecule has 0 atom stereocenters. The molecular formula is C38H29F7O. The molecule has 0 unspecified atom stereocenters. The minimum atomic E-state index is -3.55. The summed E-state index contributed by atoms with van der Waals surface area (Å²) in [5.41, 5.74) is 1.54. The summed E-state index contributed by atoms with van der Waals surface area (Å²) in [6.07, 6.45) is 0.0729. The van der Waals surface area contributed by atoms with Crippen molar-refractivity contribution >= 4 is 5.83 Å². The quantitative estimate of drug-likeness (QED) is 0.104. The molecule has 0 aliphatic heterocycles. The second-order valence-electron chi connectivity index (χ2n) is 10.8. The predicted molar refractivity (Wildman–Crippen MR) is 167 cm³/mol. The van der Waals surface area contributed by atoms with Gasteiger partial charge in [-0.3, -0.25) is 0 Å². The summed E-state index contributed by atoms with van der Waals surface area (Å²) < 4.78 is 105. The molecule has 0 spiro atoms. The van der Waals surface area contributed by atoms with E-state index in [4.69, 9.17) is 4.74 Å². The molecule has 0 aliphatic rings. The molecule has 5 rings (SSSR count). The molecule has 8 heteroatoms. The van der Waals surface area contributed by atoms with Crippen molar-refractivity contribution in [3.05, 3.63) is 144 Å². The van der Waals surface area contributed by atoms with Crippen molar-refractivity contribution in [2.75, 3.05) is 0 Å². The van der Waals surface area contributed by atoms with Gasteiger partial charge in [-0.15, -0.1) is 0 Å². The van der Waals surface area contributed by atoms with Gasteiger partial charge >= 0.3 is 6.11 Å². The van der Waals surface area contributed by atoms with E-state index >= 15 is 8.78 Å². The first-order valence-electron chi connectivity index (χ1n) is 14.7. The zero-order chi connectivity index (χ0) is 32.8. The lowest BCUT2D eigenvalue weighted by atomic mass is 9.96. The van der Waals surface area contributed by atoms with Crippen LogP contribution in [0.2, 0.25) is 0 Å². The Balaban J connectivity index is 1.28. The van der Waals surface area contributed by atoms with Crippen LogP contribution in [0.1, 0.15) is 42.9 Å². The summed E-state index contributed by atoms with van der Waals surface area (Å²) in [6.45, 7) is 2.10. The number of rotatable bonds is 11. The standard InChI is InChI=1S/C38H29F7O/c1-2-3-4-5-24-6-13-29(14-7-24)38(44,45)46-30-15-8-25(9-16-30)26-10-17-31(34(40)20-26)27-11-18-32(35(41)21-27)28-12-19-33(36(42)22-28)37(43)23-39/h6-23H,2-5H2,1H3. The number of ether oxygens (including phenoxy) is 1. The van der Waals surface area contributed by atoms with Gasteiger partial charge in [0.25, 0.3) is 0 Å². The predicted octanol–water partition coefficient (Wildman–Crippen LogP) is 12.2. The number of alkyl halides is 2. The number of unbranched alkanes of at least 4 members (excludes halogenated alkanes) is 2. The lowest BCUT2D eigenvalue weighted by Gasteiger charge is -2.19. The first-order valence-corrected chi connectivity index (χ1v) is 14.7. The van der Waals surface area contributed by atoms with Crippen molar-refractivity contribution in [1.82, 2.24) is 0 Å². The first-order chi connectivity index (χ1) is 22.1. The molecule has 0 aromatic heterocycles. The SMILES string of the molecule is CCCCCc1ccc(C(F)(F)Oc2ccc(-c3ccc(-c4ccc(-c5ccc(C(F)=CF)c(F)c5)c(F)c4)c(F)c3)cc2)cc1. The lowest BCUT2D eigenvalue weighted by Crippen LogP contribution is -2.21. The largest absolute Gasteiger partial charge is 0.429 e. The van der Waals surface area contributed by atoms with Gasteiger partial charge in [0.1, 0.15) is 29.5 Å². The van der Waals surface area contributed by atoms with Crippen molar-refractivity contribution in [2.24, 2.45) is 0 Å². The number of aryl methyl sites for hydroxylation is 1. The molecule has 0 saturated heterocycles. The Bertz CT molecular complexity index is 1850. The van der Waals surface area contributed by atoms with E-state index in [0.717, 1.165) is 49.4 Å². The second-order valence-corrected chi connectivity index (χ2v) is 10.8. The molecule has 1 nitrogen and oxygen atoms in total. The monoisotopic (exact) mass is 634 g/mol. The topological polar surface area (TPSA) is 9.23 Å². The fourth-order valence-electron chi connectivity index (χ4n) is 5.15. The minimum Gasteiger partial charge on any atom is -0.429 e. The average Bonchev–Trinajstić information content (AvgIpc) is 3.05. The molecule has 0 amide bonds. The molecule has 5 aromatic carbocycles. The minimum absolute atomic E-state index is 0.0109. The maximum Gasteiger partial charge on any atom is 0.426 e. The van der Waals surface area contributed by atoms with Crippen LogP contribution >= 0.6 is 0 Å². The van der Waals surface area contributed by atoms with E-state index in [0.29, 0.717) is 11.1 Å². The van der Waals surface area contributed by atoms with E-state index in [-0.39, 0.29) is 39.9 Å². The number of hydrogen-bond donors (Lipinski definition) is 0. The Morgan fingerprint density at radius 2 is 1.20 bits per heavy atom. The van der Waals surface area contributed by atoms with Crippen LogP contribution in [0.25, 0.3) is 39.2 Å². The van der Waals surface area contributed by atoms with Gasteiger partial charge in [0, 0.05) is 16.7 Å². The van der Waals surface area contributed by atoms with Gasteiger partial charge in [0.15, 0.2) is 5.83 Å². The zero-order valence-corrected chi connectivity index (χ0v) is 24.8. The van der Waals surface area contributed by atoms with Crippen LogP contribution in [0.4, 0.5) is 30.7 Å². The molecule has 0 N–H and O–H groups in total. The van der Waals surface area contributed by atoms with Crippen LogP contribution in [0.3, 0.4) is 0 Å². The van der Waals surface area contributed by atoms with E-state index in [1.54, 1.807) is 18.2 Å². The Morgan fingerprint density at radius 1 is 0.652 bits per heavy atom. The van der Waals surface area contributed by atoms with Crippen molar-refractivity contribution in [2.45, 2.75) is 38.7 Å². The highest BCUT2D eigenvalue weighted by molar-refractivity contribution is 5.75. The summed E-state index contributed by atoms with van der Waals surface area (Å²) in [6, 6.07) is 23.3. The molecule has 0 fully saturated rings. The highest BCUT2D eigenvalue weighted by Crippen LogP contribution is 2.35. The van der Waals surface area contributed by atoms with Gasteiger partial charge in [-0.25, -0.2) is 22.0 Å². The highest BCUT2D eigenvalue weighted by atomic mass is 19.3. The Hall–Kier alpha value is -4.85. The van der Waals surface area contributed by atoms with Crippen molar-refractivity contribution < 1.29 is 35.5 Å². The second kappa shape index (κ2) is 14.1. The van der Waals surface area contributed by atoms with E-state index < -0.39 is 35.0 Å². The van der Waals surface area contributed by atoms with Crippen LogP contribution in [0.5, 0.6) is 5.75 Å². The maximum absolute atomic E-state index is 15.2. The highest BCUT2D eigenvalue weighted by Gasteiger charge is 2.34. The van der Waals surface area contributed by atoms with Crippen LogP contribution in [0.15, 0.2) is 109 Å². The molecule has 0 radical (unpaired) electrons. The third-order valence-electron chi connectivity index (χ3n) is 7.68. The first kappa shape index (κ1) is 32.5. The Kier molecular flexibility index (Phi) is 9.95. The summed E-state index contributed by atoms with van der Waals surface area (Å²) >= 11 is 0. The van der Waals surface area contributed by atoms with Crippen LogP contribution in [0, 0.1) is 17.5 Å². The van der Waals surface area contributed by atoms with Gasteiger partial charge in [-0.05, 0) is 89.2 Å². The van der Waals surface area contributed by atoms with Crippen molar-refractivity contribution in [1.29, 1.82) is 0 Å². The van der Waals surface area contributed by atoms with Gasteiger partial charge in [0.05, 0.1) is 5.56 Å². The molecule has 0 bridgehead atoms. The lowest BCUT2D eigenvalue weighted by molar-refractivity contribution is -0.185. The Morgan fingerprint density at radius 3 is 1.76 bits per heavy atom. The zero-order valence-electron chi connectivity index (χ0n) is 24.8. The van der Waals surface area contributed by atoms with E-state index in [2.05, 4.69) is 6.92 Å². The van der Waals surface area contributed by atoms with Crippen molar-refractivity contribution in [3.63, 3.8) is 0 Å². The summed E-state index contributed by atoms with van der Waals surface area (Å²) in [4.78, 5) is 0. The molecule has 0 aliphatic carbocycles. The summed E-state index contributed by atoms with van der Waals surface area (Å²) in [5, 5.41) is 0. The van der Waals surface area contributed by atoms with Crippen LogP contribution in [-0.2, 0) is 12.5 Å². The fourth-order valence-corrected chi connectivity index (χ4v) is 5.15. The van der Waals surface area contributed by atoms with Gasteiger partial charge in [-0.1, -0.05) is 74.4 Å². The molecular weight excluding hydrogens is 605 g/mol. The van der Waals surface area contributed by atoms with E-state index in [9.17, 15) is 22.0 Å². The van der Waals surface area contributed by atoms with Crippen LogP contribution in [-0.4, -0.2) is 0 Å². The number of benzene rings is 5. The Labute approximate surface area is 262 Å². The molecule has 0 heterocycles. The molecule has 5 aromatic rings. The maximum atomic E-state index is 15.2. The third kappa shape index (κ3) is 7.33. The number of halogens is 7. The third-order valence-corrected chi connectivity index (χ3v) is 7.68. The smallest absolute Gasteiger partial charge is 0.426 e. The van der Waals surface area contributed by atoms with Gasteiger partial charge in [-0.2, -0.15) is 8.78 Å². The molecule has 236 valence electrons. The van der Waals surface area contributed by atoms with E-state index in [1.165, 1.54) is 66.7 Å². The van der Waals surface area contributed by atoms with Crippen LogP contribution < -0.4 is 4.74 Å². The summed E-state index contributed by atoms with van der Waals surface area (Å²) in [7, 11) is 0. The number of hydrogen-bond acceptors (Lipinski definition) is 1. The average molecular weight is 635 g/mol.